The van der Waals surface area contributed by atoms with Gasteiger partial charge in [0.05, 0.1) is 9.80 Å². The average Bonchev–Trinajstić information content (AvgIpc) is 2.18. The van der Waals surface area contributed by atoms with Crippen LogP contribution < -0.4 is 0 Å². The van der Waals surface area contributed by atoms with Gasteiger partial charge in [0.2, 0.25) is 0 Å². The molecule has 0 saturated heterocycles. The first-order valence-electron chi connectivity index (χ1n) is 4.41. The van der Waals surface area contributed by atoms with Crippen molar-refractivity contribution in [3.63, 3.8) is 0 Å². The van der Waals surface area contributed by atoms with Gasteiger partial charge < -0.3 is 5.11 Å². The van der Waals surface area contributed by atoms with E-state index in [2.05, 4.69) is 0 Å². The number of rotatable bonds is 3. The van der Waals surface area contributed by atoms with Crippen LogP contribution in [0.15, 0.2) is 30.3 Å². The first kappa shape index (κ1) is 11.7. The fraction of sp³-hybridized carbons (Fsp3) is 0.364. The van der Waals surface area contributed by atoms with Crippen molar-refractivity contribution in [2.75, 3.05) is 6.26 Å². The molecular weight excluding hydrogens is 212 g/mol. The molecule has 0 amide bonds. The second-order valence-corrected chi connectivity index (χ2v) is 5.05. The van der Waals surface area contributed by atoms with E-state index in [4.69, 9.17) is 12.2 Å². The van der Waals surface area contributed by atoms with Gasteiger partial charge in [-0.05, 0) is 18.7 Å². The van der Waals surface area contributed by atoms with Crippen LogP contribution in [-0.2, 0) is 5.60 Å². The summed E-state index contributed by atoms with van der Waals surface area (Å²) >= 11 is 6.62. The molecule has 0 saturated carbocycles. The van der Waals surface area contributed by atoms with Crippen LogP contribution in [0, 0.1) is 0 Å². The Morgan fingerprint density at radius 1 is 1.43 bits per heavy atom. The van der Waals surface area contributed by atoms with Crippen LogP contribution in [0.2, 0.25) is 0 Å². The normalized spacial score (nSPS) is 14.8. The summed E-state index contributed by atoms with van der Waals surface area (Å²) in [7, 11) is 0. The first-order valence-corrected chi connectivity index (χ1v) is 6.04. The Hall–Kier alpha value is -0.380. The van der Waals surface area contributed by atoms with E-state index in [-0.39, 0.29) is 0 Å². The number of hydrogen-bond acceptors (Lipinski definition) is 3. The van der Waals surface area contributed by atoms with Crippen LogP contribution in [0.25, 0.3) is 0 Å². The molecule has 1 N–H and O–H groups in total. The fourth-order valence-electron chi connectivity index (χ4n) is 1.25. The van der Waals surface area contributed by atoms with Gasteiger partial charge in [0.1, 0.15) is 0 Å². The van der Waals surface area contributed by atoms with Crippen molar-refractivity contribution in [2.24, 2.45) is 0 Å². The maximum Gasteiger partial charge on any atom is 0.0922 e. The SMILES string of the molecule is CSC(=S)C[C@@](C)(O)c1ccccc1. The van der Waals surface area contributed by atoms with E-state index >= 15 is 0 Å². The van der Waals surface area contributed by atoms with E-state index in [9.17, 15) is 5.11 Å². The fourth-order valence-corrected chi connectivity index (χ4v) is 1.96. The van der Waals surface area contributed by atoms with Gasteiger partial charge in [-0.3, -0.25) is 0 Å². The molecule has 76 valence electrons. The van der Waals surface area contributed by atoms with Crippen LogP contribution in [0.3, 0.4) is 0 Å². The molecule has 0 aliphatic heterocycles. The molecule has 1 atom stereocenters. The summed E-state index contributed by atoms with van der Waals surface area (Å²) in [5.41, 5.74) is 0.0675. The molecule has 1 aromatic carbocycles. The zero-order chi connectivity index (χ0) is 10.6. The Kier molecular flexibility index (Phi) is 4.11. The Labute approximate surface area is 94.5 Å². The third-order valence-corrected chi connectivity index (χ3v) is 3.36. The lowest BCUT2D eigenvalue weighted by molar-refractivity contribution is 0.0665. The van der Waals surface area contributed by atoms with Crippen LogP contribution in [0.1, 0.15) is 18.9 Å². The minimum atomic E-state index is -0.846. The van der Waals surface area contributed by atoms with Crippen molar-refractivity contribution in [2.45, 2.75) is 18.9 Å². The number of thioether (sulfide) groups is 1. The zero-order valence-electron chi connectivity index (χ0n) is 8.36. The van der Waals surface area contributed by atoms with Crippen LogP contribution in [-0.4, -0.2) is 15.6 Å². The number of benzene rings is 1. The van der Waals surface area contributed by atoms with Gasteiger partial charge >= 0.3 is 0 Å². The lowest BCUT2D eigenvalue weighted by Crippen LogP contribution is -2.23. The molecule has 1 rings (SSSR count). The standard InChI is InChI=1S/C11H14OS2/c1-11(12,8-10(13)14-2)9-6-4-3-5-7-9/h3-7,12H,8H2,1-2H3/t11-/m1/s1. The van der Waals surface area contributed by atoms with Crippen LogP contribution in [0.5, 0.6) is 0 Å². The second kappa shape index (κ2) is 4.91. The smallest absolute Gasteiger partial charge is 0.0922 e. The topological polar surface area (TPSA) is 20.2 Å². The molecule has 0 aliphatic rings. The summed E-state index contributed by atoms with van der Waals surface area (Å²) in [5, 5.41) is 10.2. The lowest BCUT2D eigenvalue weighted by atomic mass is 9.93. The number of aliphatic hydroxyl groups is 1. The number of hydrogen-bond donors (Lipinski definition) is 1. The highest BCUT2D eigenvalue weighted by atomic mass is 32.2. The van der Waals surface area contributed by atoms with Gasteiger partial charge in [0.25, 0.3) is 0 Å². The van der Waals surface area contributed by atoms with Gasteiger partial charge in [-0.1, -0.05) is 42.5 Å². The Morgan fingerprint density at radius 3 is 2.50 bits per heavy atom. The molecule has 14 heavy (non-hydrogen) atoms. The summed E-state index contributed by atoms with van der Waals surface area (Å²) in [6, 6.07) is 9.62. The highest BCUT2D eigenvalue weighted by molar-refractivity contribution is 8.22. The van der Waals surface area contributed by atoms with E-state index in [1.807, 2.05) is 36.6 Å². The van der Waals surface area contributed by atoms with Crippen LogP contribution >= 0.6 is 24.0 Å². The number of thiocarbonyl (C=S) groups is 1. The minimum Gasteiger partial charge on any atom is -0.385 e. The van der Waals surface area contributed by atoms with Crippen molar-refractivity contribution < 1.29 is 5.11 Å². The predicted octanol–water partition coefficient (Wildman–Crippen LogP) is 2.97. The van der Waals surface area contributed by atoms with Crippen molar-refractivity contribution >= 4 is 28.2 Å². The van der Waals surface area contributed by atoms with E-state index in [1.54, 1.807) is 6.92 Å². The summed E-state index contributed by atoms with van der Waals surface area (Å²) < 4.78 is 0.832. The third kappa shape index (κ3) is 3.08. The average molecular weight is 226 g/mol. The molecule has 0 fully saturated rings. The van der Waals surface area contributed by atoms with E-state index in [1.165, 1.54) is 11.8 Å². The first-order chi connectivity index (χ1) is 6.56. The van der Waals surface area contributed by atoms with E-state index in [0.29, 0.717) is 6.42 Å². The summed E-state index contributed by atoms with van der Waals surface area (Å²) in [6.07, 6.45) is 2.46. The summed E-state index contributed by atoms with van der Waals surface area (Å²) in [6.45, 7) is 1.80. The molecule has 1 nitrogen and oxygen atoms in total. The molecule has 0 bridgehead atoms. The highest BCUT2D eigenvalue weighted by Gasteiger charge is 2.23. The Bertz CT molecular complexity index is 306. The molecule has 0 unspecified atom stereocenters. The van der Waals surface area contributed by atoms with Crippen molar-refractivity contribution in [1.82, 2.24) is 0 Å². The van der Waals surface area contributed by atoms with Crippen molar-refractivity contribution in [3.05, 3.63) is 35.9 Å². The second-order valence-electron chi connectivity index (χ2n) is 3.39. The quantitative estimate of drug-likeness (QED) is 0.800. The van der Waals surface area contributed by atoms with Crippen molar-refractivity contribution in [3.8, 4) is 0 Å². The maximum absolute atomic E-state index is 10.2. The minimum absolute atomic E-state index is 0.521. The summed E-state index contributed by atoms with van der Waals surface area (Å²) in [4.78, 5) is 0. The largest absolute Gasteiger partial charge is 0.385 e. The maximum atomic E-state index is 10.2. The molecule has 0 heterocycles. The Balaban J connectivity index is 2.80. The molecule has 0 aromatic heterocycles. The molecule has 3 heteroatoms. The van der Waals surface area contributed by atoms with Gasteiger partial charge in [0.15, 0.2) is 0 Å². The third-order valence-electron chi connectivity index (χ3n) is 2.11. The van der Waals surface area contributed by atoms with Gasteiger partial charge in [-0.25, -0.2) is 0 Å². The Morgan fingerprint density at radius 2 is 2.00 bits per heavy atom. The molecule has 0 radical (unpaired) electrons. The lowest BCUT2D eigenvalue weighted by Gasteiger charge is -2.23. The van der Waals surface area contributed by atoms with E-state index in [0.717, 1.165) is 9.76 Å². The molecular formula is C11H14OS2. The molecule has 0 spiro atoms. The molecule has 0 aliphatic carbocycles. The zero-order valence-corrected chi connectivity index (χ0v) is 9.99. The van der Waals surface area contributed by atoms with E-state index < -0.39 is 5.60 Å². The van der Waals surface area contributed by atoms with Gasteiger partial charge in [-0.2, -0.15) is 0 Å². The monoisotopic (exact) mass is 226 g/mol. The predicted molar refractivity (Wildman–Crippen MR) is 66.7 cm³/mol. The van der Waals surface area contributed by atoms with Gasteiger partial charge in [-0.15, -0.1) is 11.8 Å². The highest BCUT2D eigenvalue weighted by Crippen LogP contribution is 2.26. The van der Waals surface area contributed by atoms with Gasteiger partial charge in [0, 0.05) is 6.42 Å². The van der Waals surface area contributed by atoms with Crippen molar-refractivity contribution in [1.29, 1.82) is 0 Å². The molecule has 1 aromatic rings. The van der Waals surface area contributed by atoms with Crippen LogP contribution in [0.4, 0.5) is 0 Å². The summed E-state index contributed by atoms with van der Waals surface area (Å²) in [5.74, 6) is 0.